The lowest BCUT2D eigenvalue weighted by atomic mass is 10.1. The number of nitrogens with zero attached hydrogens (tertiary/aromatic N) is 3. The molecule has 3 rings (SSSR count). The molecule has 1 atom stereocenters. The van der Waals surface area contributed by atoms with Crippen molar-refractivity contribution in [2.45, 2.75) is 38.5 Å². The average molecular weight is 390 g/mol. The van der Waals surface area contributed by atoms with Crippen LogP contribution in [0.5, 0.6) is 5.75 Å². The molecule has 0 aliphatic carbocycles. The van der Waals surface area contributed by atoms with Crippen molar-refractivity contribution in [1.82, 2.24) is 10.3 Å². The Labute approximate surface area is 161 Å². The van der Waals surface area contributed by atoms with Gasteiger partial charge in [0.2, 0.25) is 16.7 Å². The van der Waals surface area contributed by atoms with Gasteiger partial charge in [0.25, 0.3) is 5.91 Å². The largest absolute Gasteiger partial charge is 0.497 e. The monoisotopic (exact) mass is 390 g/mol. The van der Waals surface area contributed by atoms with Crippen molar-refractivity contribution in [1.29, 1.82) is 0 Å². The standard InChI is InChI=1S/C18H22N4O4S/c1-5-14(23)19-17-20-22(15(24)6-2)18(27-17)12-10-11(26-4)8-9-13(12)21(7-3)16(18)25/h8-10H,5-7H2,1-4H3,(H,19,20,23). The number of benzene rings is 1. The van der Waals surface area contributed by atoms with Crippen LogP contribution in [0.15, 0.2) is 23.3 Å². The molecular formula is C18H22N4O4S. The molecule has 0 saturated heterocycles. The van der Waals surface area contributed by atoms with Gasteiger partial charge in [-0.1, -0.05) is 13.8 Å². The van der Waals surface area contributed by atoms with Gasteiger partial charge in [-0.2, -0.15) is 5.01 Å². The SMILES string of the molecule is CCC(=O)NC1=NN(C(=O)CC)C2(S1)C(=O)N(CC)c1ccc(OC)cc12. The number of methoxy groups -OCH3 is 1. The number of hydrogen-bond donors (Lipinski definition) is 1. The molecule has 0 bridgehead atoms. The van der Waals surface area contributed by atoms with Crippen LogP contribution in [0.1, 0.15) is 39.2 Å². The summed E-state index contributed by atoms with van der Waals surface area (Å²) in [5.41, 5.74) is 1.34. The molecule has 27 heavy (non-hydrogen) atoms. The number of amidine groups is 1. The summed E-state index contributed by atoms with van der Waals surface area (Å²) in [6.45, 7) is 5.75. The van der Waals surface area contributed by atoms with Crippen molar-refractivity contribution >= 4 is 40.3 Å². The molecule has 144 valence electrons. The van der Waals surface area contributed by atoms with Gasteiger partial charge in [0, 0.05) is 24.9 Å². The van der Waals surface area contributed by atoms with E-state index in [-0.39, 0.29) is 35.7 Å². The summed E-state index contributed by atoms with van der Waals surface area (Å²) in [5.74, 6) is -0.215. The number of likely N-dealkylation sites (N-methyl/N-ethyl adjacent to an activating group) is 1. The van der Waals surface area contributed by atoms with E-state index in [2.05, 4.69) is 10.4 Å². The average Bonchev–Trinajstić information content (AvgIpc) is 3.17. The Bertz CT molecular complexity index is 841. The molecule has 1 N–H and O–H groups in total. The second-order valence-corrected chi connectivity index (χ2v) is 7.23. The molecule has 3 amide bonds. The molecule has 1 aromatic carbocycles. The summed E-state index contributed by atoms with van der Waals surface area (Å²) >= 11 is 1.08. The zero-order valence-electron chi connectivity index (χ0n) is 15.7. The van der Waals surface area contributed by atoms with E-state index >= 15 is 0 Å². The molecular weight excluding hydrogens is 368 g/mol. The van der Waals surface area contributed by atoms with Crippen LogP contribution in [0.4, 0.5) is 5.69 Å². The molecule has 9 heteroatoms. The highest BCUT2D eigenvalue weighted by Crippen LogP contribution is 2.55. The fraction of sp³-hybridized carbons (Fsp3) is 0.444. The summed E-state index contributed by atoms with van der Waals surface area (Å²) in [6.07, 6.45) is 0.452. The maximum Gasteiger partial charge on any atom is 0.270 e. The first kappa shape index (κ1) is 19.2. The second kappa shape index (κ2) is 7.22. The van der Waals surface area contributed by atoms with Gasteiger partial charge in [0.1, 0.15) is 5.75 Å². The lowest BCUT2D eigenvalue weighted by Crippen LogP contribution is -2.49. The van der Waals surface area contributed by atoms with Crippen molar-refractivity contribution in [3.05, 3.63) is 23.8 Å². The predicted molar refractivity (Wildman–Crippen MR) is 103 cm³/mol. The summed E-state index contributed by atoms with van der Waals surface area (Å²) < 4.78 is 5.33. The topological polar surface area (TPSA) is 91.3 Å². The number of amides is 3. The summed E-state index contributed by atoms with van der Waals surface area (Å²) in [4.78, 5) is 38.2. The highest BCUT2D eigenvalue weighted by molar-refractivity contribution is 8.15. The van der Waals surface area contributed by atoms with Crippen molar-refractivity contribution in [3.8, 4) is 5.75 Å². The molecule has 1 unspecified atom stereocenters. The van der Waals surface area contributed by atoms with Crippen molar-refractivity contribution in [2.75, 3.05) is 18.6 Å². The van der Waals surface area contributed by atoms with Crippen LogP contribution in [-0.2, 0) is 19.3 Å². The fourth-order valence-corrected chi connectivity index (χ4v) is 4.45. The Morgan fingerprint density at radius 3 is 2.59 bits per heavy atom. The Kier molecular flexibility index (Phi) is 5.14. The van der Waals surface area contributed by atoms with Crippen molar-refractivity contribution in [3.63, 3.8) is 0 Å². The molecule has 1 spiro atoms. The quantitative estimate of drug-likeness (QED) is 0.849. The van der Waals surface area contributed by atoms with Gasteiger partial charge in [-0.15, -0.1) is 5.10 Å². The Morgan fingerprint density at radius 2 is 2.00 bits per heavy atom. The van der Waals surface area contributed by atoms with E-state index in [4.69, 9.17) is 4.74 Å². The third kappa shape index (κ3) is 2.86. The van der Waals surface area contributed by atoms with Crippen LogP contribution >= 0.6 is 11.8 Å². The minimum atomic E-state index is -1.37. The van der Waals surface area contributed by atoms with E-state index in [1.54, 1.807) is 38.0 Å². The van der Waals surface area contributed by atoms with Crippen LogP contribution in [0.2, 0.25) is 0 Å². The number of ether oxygens (including phenoxy) is 1. The molecule has 2 heterocycles. The number of carbonyl (C=O) groups is 3. The van der Waals surface area contributed by atoms with E-state index in [1.807, 2.05) is 13.0 Å². The number of anilines is 1. The lowest BCUT2D eigenvalue weighted by Gasteiger charge is -2.30. The van der Waals surface area contributed by atoms with Crippen LogP contribution < -0.4 is 15.0 Å². The van der Waals surface area contributed by atoms with Crippen LogP contribution in [0.25, 0.3) is 0 Å². The van der Waals surface area contributed by atoms with Gasteiger partial charge in [0.15, 0.2) is 5.17 Å². The molecule has 1 aromatic rings. The molecule has 0 aromatic heterocycles. The zero-order valence-corrected chi connectivity index (χ0v) is 16.6. The van der Waals surface area contributed by atoms with Crippen LogP contribution in [0, 0.1) is 0 Å². The number of fused-ring (bicyclic) bond motifs is 2. The van der Waals surface area contributed by atoms with Gasteiger partial charge in [0.05, 0.1) is 12.8 Å². The van der Waals surface area contributed by atoms with Gasteiger partial charge in [-0.05, 0) is 36.9 Å². The van der Waals surface area contributed by atoms with Gasteiger partial charge < -0.3 is 15.0 Å². The van der Waals surface area contributed by atoms with E-state index in [0.29, 0.717) is 23.5 Å². The first-order valence-corrected chi connectivity index (χ1v) is 9.65. The molecule has 2 aliphatic rings. The highest BCUT2D eigenvalue weighted by atomic mass is 32.2. The minimum absolute atomic E-state index is 0.180. The summed E-state index contributed by atoms with van der Waals surface area (Å²) in [5, 5.41) is 8.43. The van der Waals surface area contributed by atoms with E-state index in [1.165, 1.54) is 5.01 Å². The van der Waals surface area contributed by atoms with E-state index in [0.717, 1.165) is 11.8 Å². The predicted octanol–water partition coefficient (Wildman–Crippen LogP) is 2.00. The maximum absolute atomic E-state index is 13.4. The number of hydrazone groups is 1. The van der Waals surface area contributed by atoms with Gasteiger partial charge in [-0.25, -0.2) is 0 Å². The fourth-order valence-electron chi connectivity index (χ4n) is 3.18. The third-order valence-electron chi connectivity index (χ3n) is 4.55. The third-order valence-corrected chi connectivity index (χ3v) is 5.79. The summed E-state index contributed by atoms with van der Waals surface area (Å²) in [7, 11) is 1.54. The maximum atomic E-state index is 13.4. The molecule has 8 nitrogen and oxygen atoms in total. The molecule has 0 fully saturated rings. The van der Waals surface area contributed by atoms with Crippen molar-refractivity contribution < 1.29 is 19.1 Å². The van der Waals surface area contributed by atoms with Gasteiger partial charge >= 0.3 is 0 Å². The molecule has 2 aliphatic heterocycles. The lowest BCUT2D eigenvalue weighted by molar-refractivity contribution is -0.140. The van der Waals surface area contributed by atoms with Gasteiger partial charge in [-0.3, -0.25) is 14.4 Å². The second-order valence-electron chi connectivity index (χ2n) is 6.04. The molecule has 0 radical (unpaired) electrons. The number of rotatable bonds is 4. The first-order chi connectivity index (χ1) is 12.9. The van der Waals surface area contributed by atoms with Crippen LogP contribution in [0.3, 0.4) is 0 Å². The Hall–Kier alpha value is -2.55. The number of thioether (sulfide) groups is 1. The van der Waals surface area contributed by atoms with Crippen LogP contribution in [-0.4, -0.2) is 41.6 Å². The Morgan fingerprint density at radius 1 is 1.26 bits per heavy atom. The number of hydrogen-bond acceptors (Lipinski definition) is 6. The normalized spacial score (nSPS) is 20.7. The summed E-state index contributed by atoms with van der Waals surface area (Å²) in [6, 6.07) is 5.34. The number of nitrogens with one attached hydrogen (secondary N) is 1. The van der Waals surface area contributed by atoms with Crippen molar-refractivity contribution in [2.24, 2.45) is 5.10 Å². The first-order valence-electron chi connectivity index (χ1n) is 8.83. The zero-order chi connectivity index (χ0) is 19.8. The number of carbonyl (C=O) groups excluding carboxylic acids is 3. The smallest absolute Gasteiger partial charge is 0.270 e. The minimum Gasteiger partial charge on any atom is -0.497 e. The van der Waals surface area contributed by atoms with E-state index in [9.17, 15) is 14.4 Å². The highest BCUT2D eigenvalue weighted by Gasteiger charge is 2.61. The van der Waals surface area contributed by atoms with E-state index < -0.39 is 4.87 Å². The molecule has 0 saturated carbocycles. The Balaban J connectivity index is 2.16.